The Balaban J connectivity index is 1.82. The van der Waals surface area contributed by atoms with E-state index >= 15 is 0 Å². The molecule has 0 radical (unpaired) electrons. The van der Waals surface area contributed by atoms with Crippen LogP contribution in [-0.4, -0.2) is 43.4 Å². The molecule has 2 heterocycles. The van der Waals surface area contributed by atoms with Crippen molar-refractivity contribution in [2.75, 3.05) is 0 Å². The summed E-state index contributed by atoms with van der Waals surface area (Å²) < 4.78 is 0. The smallest absolute Gasteiger partial charge is 0.260 e. The molecule has 2 aromatic rings. The highest BCUT2D eigenvalue weighted by Crippen LogP contribution is 2.15. The van der Waals surface area contributed by atoms with Gasteiger partial charge in [0.15, 0.2) is 0 Å². The molecule has 3 atom stereocenters. The fourth-order valence-corrected chi connectivity index (χ4v) is 2.45. The van der Waals surface area contributed by atoms with Gasteiger partial charge in [-0.05, 0) is 12.5 Å². The van der Waals surface area contributed by atoms with Crippen LogP contribution in [0.2, 0.25) is 0 Å². The lowest BCUT2D eigenvalue weighted by atomic mass is 10.1. The molecule has 0 amide bonds. The van der Waals surface area contributed by atoms with Crippen LogP contribution in [0.15, 0.2) is 23.1 Å². The Labute approximate surface area is 114 Å². The third-order valence-electron chi connectivity index (χ3n) is 3.50. The van der Waals surface area contributed by atoms with Crippen molar-refractivity contribution in [2.45, 2.75) is 31.7 Å². The maximum absolute atomic E-state index is 11.9. The van der Waals surface area contributed by atoms with Gasteiger partial charge in [-0.3, -0.25) is 4.79 Å². The van der Waals surface area contributed by atoms with Crippen LogP contribution in [-0.2, 0) is 6.54 Å². The van der Waals surface area contributed by atoms with Crippen molar-refractivity contribution < 1.29 is 10.2 Å². The third-order valence-corrected chi connectivity index (χ3v) is 3.50. The Morgan fingerprint density at radius 3 is 2.90 bits per heavy atom. The number of fused-ring (bicyclic) bond motifs is 1. The molecular weight excluding hydrogens is 260 g/mol. The minimum atomic E-state index is -0.862. The zero-order valence-corrected chi connectivity index (χ0v) is 10.9. The number of nitrogens with one attached hydrogen (secondary N) is 3. The van der Waals surface area contributed by atoms with Crippen molar-refractivity contribution in [3.8, 4) is 0 Å². The van der Waals surface area contributed by atoms with Gasteiger partial charge in [0.05, 0.1) is 17.5 Å². The normalized spacial score (nSPS) is 25.6. The summed E-state index contributed by atoms with van der Waals surface area (Å²) in [6.45, 7) is 2.12. The first kappa shape index (κ1) is 13.0. The van der Waals surface area contributed by atoms with E-state index in [1.807, 2.05) is 0 Å². The number of rotatable bonds is 3. The van der Waals surface area contributed by atoms with Crippen LogP contribution < -0.4 is 10.9 Å². The van der Waals surface area contributed by atoms with Gasteiger partial charge in [-0.25, -0.2) is 4.98 Å². The largest absolute Gasteiger partial charge is 0.388 e. The van der Waals surface area contributed by atoms with Crippen molar-refractivity contribution in [1.82, 2.24) is 20.3 Å². The van der Waals surface area contributed by atoms with Crippen molar-refractivity contribution in [2.24, 2.45) is 0 Å². The number of hydrogen-bond donors (Lipinski definition) is 5. The Bertz CT molecular complexity index is 718. The maximum atomic E-state index is 11.9. The molecule has 0 aliphatic heterocycles. The highest BCUT2D eigenvalue weighted by atomic mass is 16.3. The van der Waals surface area contributed by atoms with Gasteiger partial charge in [0.1, 0.15) is 17.6 Å². The second-order valence-electron chi connectivity index (χ2n) is 4.96. The number of aromatic amines is 2. The van der Waals surface area contributed by atoms with Crippen molar-refractivity contribution in [1.29, 1.82) is 0 Å². The SMILES string of the molecule is Cc1nc2[nH]cc(CNC3C=CC(O)C3O)c2c(=O)[nH]1. The van der Waals surface area contributed by atoms with Crippen molar-refractivity contribution in [3.05, 3.63) is 40.1 Å². The monoisotopic (exact) mass is 276 g/mol. The topological polar surface area (TPSA) is 114 Å². The molecule has 0 aromatic carbocycles. The Kier molecular flexibility index (Phi) is 3.17. The van der Waals surface area contributed by atoms with Gasteiger partial charge in [-0.2, -0.15) is 0 Å². The zero-order chi connectivity index (χ0) is 14.3. The van der Waals surface area contributed by atoms with E-state index in [4.69, 9.17) is 0 Å². The maximum Gasteiger partial charge on any atom is 0.260 e. The quantitative estimate of drug-likeness (QED) is 0.476. The molecule has 3 unspecified atom stereocenters. The van der Waals surface area contributed by atoms with Crippen molar-refractivity contribution in [3.63, 3.8) is 0 Å². The molecule has 5 N–H and O–H groups in total. The Hall–Kier alpha value is -1.96. The molecule has 0 saturated heterocycles. The van der Waals surface area contributed by atoms with E-state index in [0.717, 1.165) is 5.56 Å². The van der Waals surface area contributed by atoms with E-state index in [1.165, 1.54) is 0 Å². The number of aliphatic hydroxyl groups is 2. The average Bonchev–Trinajstić information content (AvgIpc) is 2.93. The van der Waals surface area contributed by atoms with E-state index in [-0.39, 0.29) is 11.6 Å². The predicted octanol–water partition coefficient (Wildman–Crippen LogP) is -0.691. The molecule has 0 saturated carbocycles. The van der Waals surface area contributed by atoms with Crippen LogP contribution >= 0.6 is 0 Å². The molecule has 2 aromatic heterocycles. The lowest BCUT2D eigenvalue weighted by molar-refractivity contribution is 0.0441. The number of nitrogens with zero attached hydrogens (tertiary/aromatic N) is 1. The third kappa shape index (κ3) is 2.15. The van der Waals surface area contributed by atoms with Crippen LogP contribution in [0.5, 0.6) is 0 Å². The summed E-state index contributed by atoms with van der Waals surface area (Å²) >= 11 is 0. The number of aryl methyl sites for hydroxylation is 1. The van der Waals surface area contributed by atoms with Gasteiger partial charge in [0, 0.05) is 12.7 Å². The van der Waals surface area contributed by atoms with Crippen LogP contribution in [0.3, 0.4) is 0 Å². The molecular formula is C13H16N4O3. The summed E-state index contributed by atoms with van der Waals surface area (Å²) in [5.74, 6) is 0.557. The van der Waals surface area contributed by atoms with Gasteiger partial charge < -0.3 is 25.5 Å². The first-order valence-electron chi connectivity index (χ1n) is 6.41. The zero-order valence-electron chi connectivity index (χ0n) is 10.9. The molecule has 0 bridgehead atoms. The molecule has 7 nitrogen and oxygen atoms in total. The summed E-state index contributed by atoms with van der Waals surface area (Å²) in [5.41, 5.74) is 1.13. The molecule has 1 aliphatic carbocycles. The highest BCUT2D eigenvalue weighted by Gasteiger charge is 2.27. The van der Waals surface area contributed by atoms with Gasteiger partial charge in [-0.1, -0.05) is 12.2 Å². The summed E-state index contributed by atoms with van der Waals surface area (Å²) in [7, 11) is 0. The summed E-state index contributed by atoms with van der Waals surface area (Å²) in [6, 6.07) is -0.326. The first-order chi connectivity index (χ1) is 9.56. The van der Waals surface area contributed by atoms with E-state index in [1.54, 1.807) is 25.3 Å². The Morgan fingerprint density at radius 2 is 2.20 bits per heavy atom. The molecule has 1 aliphatic rings. The standard InChI is InChI=1S/C13H16N4O3/c1-6-16-12-10(13(20)17-6)7(5-15-12)4-14-8-2-3-9(18)11(8)19/h2-3,5,8-9,11,14,18-19H,4H2,1H3,(H2,15,16,17,20). The summed E-state index contributed by atoms with van der Waals surface area (Å²) in [6.07, 6.45) is 3.29. The lowest BCUT2D eigenvalue weighted by Gasteiger charge is -2.17. The number of aromatic nitrogens is 3. The molecule has 20 heavy (non-hydrogen) atoms. The number of hydrogen-bond acceptors (Lipinski definition) is 5. The Morgan fingerprint density at radius 1 is 1.40 bits per heavy atom. The number of aliphatic hydroxyl groups excluding tert-OH is 2. The predicted molar refractivity (Wildman–Crippen MR) is 73.2 cm³/mol. The van der Waals surface area contributed by atoms with Gasteiger partial charge in [0.25, 0.3) is 5.56 Å². The van der Waals surface area contributed by atoms with E-state index in [9.17, 15) is 15.0 Å². The summed E-state index contributed by atoms with van der Waals surface area (Å²) in [5, 5.41) is 22.8. The molecule has 3 rings (SSSR count). The van der Waals surface area contributed by atoms with Crippen LogP contribution in [0.1, 0.15) is 11.4 Å². The highest BCUT2D eigenvalue weighted by molar-refractivity contribution is 5.78. The number of H-pyrrole nitrogens is 2. The van der Waals surface area contributed by atoms with E-state index < -0.39 is 12.2 Å². The fraction of sp³-hybridized carbons (Fsp3) is 0.385. The van der Waals surface area contributed by atoms with E-state index in [2.05, 4.69) is 20.3 Å². The van der Waals surface area contributed by atoms with E-state index in [0.29, 0.717) is 23.4 Å². The minimum absolute atomic E-state index is 0.187. The van der Waals surface area contributed by atoms with Gasteiger partial charge in [0.2, 0.25) is 0 Å². The average molecular weight is 276 g/mol. The minimum Gasteiger partial charge on any atom is -0.388 e. The second kappa shape index (κ2) is 4.86. The van der Waals surface area contributed by atoms with Crippen molar-refractivity contribution >= 4 is 11.0 Å². The second-order valence-corrected chi connectivity index (χ2v) is 4.96. The van der Waals surface area contributed by atoms with Crippen LogP contribution in [0, 0.1) is 6.92 Å². The van der Waals surface area contributed by atoms with Gasteiger partial charge >= 0.3 is 0 Å². The summed E-state index contributed by atoms with van der Waals surface area (Å²) in [4.78, 5) is 21.8. The first-order valence-corrected chi connectivity index (χ1v) is 6.41. The fourth-order valence-electron chi connectivity index (χ4n) is 2.45. The van der Waals surface area contributed by atoms with Crippen LogP contribution in [0.25, 0.3) is 11.0 Å². The molecule has 7 heteroatoms. The molecule has 0 spiro atoms. The lowest BCUT2D eigenvalue weighted by Crippen LogP contribution is -2.40. The molecule has 106 valence electrons. The molecule has 0 fully saturated rings. The van der Waals surface area contributed by atoms with Gasteiger partial charge in [-0.15, -0.1) is 0 Å². The van der Waals surface area contributed by atoms with Crippen LogP contribution in [0.4, 0.5) is 0 Å².